The second kappa shape index (κ2) is 6.31. The van der Waals surface area contributed by atoms with Crippen LogP contribution in [0.5, 0.6) is 0 Å². The van der Waals surface area contributed by atoms with E-state index < -0.39 is 11.6 Å². The standard InChI is InChI=1S/C17H11F2N3O/c18-12-6-7-13(14(19)10-12)15-8-9-20-17(21-15)22-16(23)11-4-2-1-3-5-11/h1-10H,(H,20,21,22,23). The summed E-state index contributed by atoms with van der Waals surface area (Å²) in [6, 6.07) is 13.3. The van der Waals surface area contributed by atoms with Crippen LogP contribution in [0.15, 0.2) is 60.8 Å². The van der Waals surface area contributed by atoms with Crippen LogP contribution in [0.3, 0.4) is 0 Å². The van der Waals surface area contributed by atoms with Crippen molar-refractivity contribution in [3.8, 4) is 11.3 Å². The highest BCUT2D eigenvalue weighted by molar-refractivity contribution is 6.03. The second-order valence-corrected chi connectivity index (χ2v) is 4.71. The number of carbonyl (C=O) groups is 1. The maximum absolute atomic E-state index is 13.8. The minimum absolute atomic E-state index is 0.0417. The maximum atomic E-state index is 13.8. The Kier molecular flexibility index (Phi) is 4.05. The highest BCUT2D eigenvalue weighted by Crippen LogP contribution is 2.22. The summed E-state index contributed by atoms with van der Waals surface area (Å²) in [5, 5.41) is 2.54. The first-order valence-corrected chi connectivity index (χ1v) is 6.78. The van der Waals surface area contributed by atoms with Gasteiger partial charge in [-0.2, -0.15) is 0 Å². The molecule has 0 aliphatic heterocycles. The van der Waals surface area contributed by atoms with Crippen molar-refractivity contribution in [3.05, 3.63) is 78.0 Å². The lowest BCUT2D eigenvalue weighted by Gasteiger charge is -2.06. The number of amides is 1. The highest BCUT2D eigenvalue weighted by atomic mass is 19.1. The number of carbonyl (C=O) groups excluding carboxylic acids is 1. The number of aromatic nitrogens is 2. The van der Waals surface area contributed by atoms with Crippen LogP contribution in [0, 0.1) is 11.6 Å². The average Bonchev–Trinajstić information content (AvgIpc) is 2.56. The van der Waals surface area contributed by atoms with Gasteiger partial charge in [-0.1, -0.05) is 18.2 Å². The summed E-state index contributed by atoms with van der Waals surface area (Å²) in [4.78, 5) is 20.1. The zero-order valence-corrected chi connectivity index (χ0v) is 11.8. The normalized spacial score (nSPS) is 10.3. The number of nitrogens with one attached hydrogen (secondary N) is 1. The average molecular weight is 311 g/mol. The molecule has 0 unspecified atom stereocenters. The summed E-state index contributed by atoms with van der Waals surface area (Å²) in [6.45, 7) is 0. The van der Waals surface area contributed by atoms with Gasteiger partial charge < -0.3 is 0 Å². The zero-order chi connectivity index (χ0) is 16.2. The van der Waals surface area contributed by atoms with Crippen LogP contribution in [-0.4, -0.2) is 15.9 Å². The Morgan fingerprint density at radius 3 is 2.52 bits per heavy atom. The molecule has 0 radical (unpaired) electrons. The fourth-order valence-electron chi connectivity index (χ4n) is 2.03. The van der Waals surface area contributed by atoms with Crippen LogP contribution in [0.2, 0.25) is 0 Å². The van der Waals surface area contributed by atoms with Gasteiger partial charge in [0.2, 0.25) is 5.95 Å². The molecule has 0 atom stereocenters. The second-order valence-electron chi connectivity index (χ2n) is 4.71. The smallest absolute Gasteiger partial charge is 0.258 e. The van der Waals surface area contributed by atoms with Gasteiger partial charge in [-0.25, -0.2) is 18.7 Å². The lowest BCUT2D eigenvalue weighted by molar-refractivity contribution is 0.102. The van der Waals surface area contributed by atoms with Gasteiger partial charge in [0.05, 0.1) is 5.69 Å². The van der Waals surface area contributed by atoms with Gasteiger partial charge in [0.25, 0.3) is 5.91 Å². The monoisotopic (exact) mass is 311 g/mol. The van der Waals surface area contributed by atoms with Crippen LogP contribution >= 0.6 is 0 Å². The molecule has 1 amide bonds. The summed E-state index contributed by atoms with van der Waals surface area (Å²) in [6.07, 6.45) is 1.39. The molecule has 0 aliphatic carbocycles. The highest BCUT2D eigenvalue weighted by Gasteiger charge is 2.11. The van der Waals surface area contributed by atoms with E-state index in [4.69, 9.17) is 0 Å². The molecule has 1 heterocycles. The maximum Gasteiger partial charge on any atom is 0.258 e. The minimum atomic E-state index is -0.732. The topological polar surface area (TPSA) is 54.9 Å². The van der Waals surface area contributed by atoms with Crippen molar-refractivity contribution in [3.63, 3.8) is 0 Å². The molecule has 0 saturated carbocycles. The molecule has 0 saturated heterocycles. The van der Waals surface area contributed by atoms with Crippen molar-refractivity contribution < 1.29 is 13.6 Å². The first kappa shape index (κ1) is 14.8. The van der Waals surface area contributed by atoms with Crippen molar-refractivity contribution in [1.82, 2.24) is 9.97 Å². The van der Waals surface area contributed by atoms with E-state index in [0.29, 0.717) is 5.56 Å². The van der Waals surface area contributed by atoms with Gasteiger partial charge in [-0.15, -0.1) is 0 Å². The predicted molar refractivity (Wildman–Crippen MR) is 81.8 cm³/mol. The number of anilines is 1. The number of benzene rings is 2. The molecule has 2 aromatic carbocycles. The fourth-order valence-corrected chi connectivity index (χ4v) is 2.03. The molecule has 23 heavy (non-hydrogen) atoms. The van der Waals surface area contributed by atoms with E-state index in [9.17, 15) is 13.6 Å². The fraction of sp³-hybridized carbons (Fsp3) is 0. The Morgan fingerprint density at radius 2 is 1.78 bits per heavy atom. The van der Waals surface area contributed by atoms with Crippen molar-refractivity contribution in [1.29, 1.82) is 0 Å². The Morgan fingerprint density at radius 1 is 1.00 bits per heavy atom. The van der Waals surface area contributed by atoms with Crippen molar-refractivity contribution >= 4 is 11.9 Å². The van der Waals surface area contributed by atoms with Crippen LogP contribution < -0.4 is 5.32 Å². The molecule has 114 valence electrons. The number of rotatable bonds is 3. The van der Waals surface area contributed by atoms with E-state index in [1.165, 1.54) is 18.3 Å². The third-order valence-corrected chi connectivity index (χ3v) is 3.12. The molecule has 3 rings (SSSR count). The molecular formula is C17H11F2N3O. The number of halogens is 2. The summed E-state index contributed by atoms with van der Waals surface area (Å²) in [5.41, 5.74) is 0.833. The van der Waals surface area contributed by atoms with Gasteiger partial charge in [0.1, 0.15) is 11.6 Å². The quantitative estimate of drug-likeness (QED) is 0.803. The zero-order valence-electron chi connectivity index (χ0n) is 11.8. The molecule has 0 aliphatic rings. The molecule has 3 aromatic rings. The third kappa shape index (κ3) is 3.37. The van der Waals surface area contributed by atoms with E-state index in [1.807, 2.05) is 0 Å². The largest absolute Gasteiger partial charge is 0.290 e. The number of hydrogen-bond donors (Lipinski definition) is 1. The molecule has 4 nitrogen and oxygen atoms in total. The van der Waals surface area contributed by atoms with E-state index in [0.717, 1.165) is 12.1 Å². The number of hydrogen-bond acceptors (Lipinski definition) is 3. The van der Waals surface area contributed by atoms with Gasteiger partial charge in [0, 0.05) is 23.4 Å². The van der Waals surface area contributed by atoms with Gasteiger partial charge in [0.15, 0.2) is 0 Å². The van der Waals surface area contributed by atoms with E-state index in [2.05, 4.69) is 15.3 Å². The van der Waals surface area contributed by atoms with Crippen LogP contribution in [0.25, 0.3) is 11.3 Å². The molecule has 0 bridgehead atoms. The summed E-state index contributed by atoms with van der Waals surface area (Å²) < 4.78 is 26.8. The molecule has 6 heteroatoms. The van der Waals surface area contributed by atoms with Gasteiger partial charge in [-0.3, -0.25) is 10.1 Å². The SMILES string of the molecule is O=C(Nc1nccc(-c2ccc(F)cc2F)n1)c1ccccc1. The Labute approximate surface area is 130 Å². The summed E-state index contributed by atoms with van der Waals surface area (Å²) in [7, 11) is 0. The Bertz CT molecular complexity index is 853. The lowest BCUT2D eigenvalue weighted by Crippen LogP contribution is -2.14. The van der Waals surface area contributed by atoms with Crippen LogP contribution in [0.1, 0.15) is 10.4 Å². The van der Waals surface area contributed by atoms with Crippen LogP contribution in [0.4, 0.5) is 14.7 Å². The van der Waals surface area contributed by atoms with Crippen LogP contribution in [-0.2, 0) is 0 Å². The summed E-state index contributed by atoms with van der Waals surface area (Å²) in [5.74, 6) is -1.73. The molecule has 0 fully saturated rings. The predicted octanol–water partition coefficient (Wildman–Crippen LogP) is 3.67. The van der Waals surface area contributed by atoms with E-state index in [1.54, 1.807) is 30.3 Å². The minimum Gasteiger partial charge on any atom is -0.290 e. The van der Waals surface area contributed by atoms with Gasteiger partial charge >= 0.3 is 0 Å². The van der Waals surface area contributed by atoms with Crippen molar-refractivity contribution in [2.45, 2.75) is 0 Å². The Balaban J connectivity index is 1.87. The van der Waals surface area contributed by atoms with Crippen molar-refractivity contribution in [2.75, 3.05) is 5.32 Å². The van der Waals surface area contributed by atoms with E-state index >= 15 is 0 Å². The molecule has 0 spiro atoms. The first-order chi connectivity index (χ1) is 11.1. The number of nitrogens with zero attached hydrogens (tertiary/aromatic N) is 2. The molecule has 1 N–H and O–H groups in total. The third-order valence-electron chi connectivity index (χ3n) is 3.12. The molecule has 1 aromatic heterocycles. The van der Waals surface area contributed by atoms with Crippen molar-refractivity contribution in [2.24, 2.45) is 0 Å². The summed E-state index contributed by atoms with van der Waals surface area (Å²) >= 11 is 0. The molecular weight excluding hydrogens is 300 g/mol. The van der Waals surface area contributed by atoms with Gasteiger partial charge in [-0.05, 0) is 30.3 Å². The van der Waals surface area contributed by atoms with E-state index in [-0.39, 0.29) is 23.1 Å². The Hall–Kier alpha value is -3.15. The first-order valence-electron chi connectivity index (χ1n) is 6.78. The lowest BCUT2D eigenvalue weighted by atomic mass is 10.1.